The highest BCUT2D eigenvalue weighted by Crippen LogP contribution is 2.23. The maximum absolute atomic E-state index is 12.1. The molecule has 2 amide bonds. The van der Waals surface area contributed by atoms with E-state index in [1.807, 2.05) is 6.92 Å². The van der Waals surface area contributed by atoms with E-state index in [4.69, 9.17) is 11.1 Å². The van der Waals surface area contributed by atoms with Gasteiger partial charge in [0.2, 0.25) is 5.91 Å². The van der Waals surface area contributed by atoms with Crippen LogP contribution in [0.2, 0.25) is 0 Å². The summed E-state index contributed by atoms with van der Waals surface area (Å²) in [4.78, 5) is 29.6. The SMILES string of the molecule is CC1CC(C#N)N(C(=O)CNC(=O)/C(C=NC2CC2)=N/N)C1. The summed E-state index contributed by atoms with van der Waals surface area (Å²) in [6, 6.07) is 1.95. The molecule has 2 unspecified atom stereocenters. The maximum atomic E-state index is 12.1. The molecule has 0 bridgehead atoms. The van der Waals surface area contributed by atoms with Gasteiger partial charge < -0.3 is 16.1 Å². The van der Waals surface area contributed by atoms with Gasteiger partial charge in [0.15, 0.2) is 5.71 Å². The second-order valence-electron chi connectivity index (χ2n) is 5.74. The summed E-state index contributed by atoms with van der Waals surface area (Å²) < 4.78 is 0. The van der Waals surface area contributed by atoms with Crippen LogP contribution >= 0.6 is 0 Å². The number of aliphatic imine (C=N–C) groups is 1. The lowest BCUT2D eigenvalue weighted by atomic mass is 10.1. The van der Waals surface area contributed by atoms with Gasteiger partial charge in [-0.15, -0.1) is 0 Å². The lowest BCUT2D eigenvalue weighted by molar-refractivity contribution is -0.131. The fourth-order valence-electron chi connectivity index (χ4n) is 2.34. The summed E-state index contributed by atoms with van der Waals surface area (Å²) in [6.07, 6.45) is 4.03. The number of nitrogens with zero attached hydrogens (tertiary/aromatic N) is 4. The van der Waals surface area contributed by atoms with Crippen LogP contribution in [0.3, 0.4) is 0 Å². The van der Waals surface area contributed by atoms with Gasteiger partial charge in [0.05, 0.1) is 24.9 Å². The van der Waals surface area contributed by atoms with Gasteiger partial charge >= 0.3 is 0 Å². The zero-order chi connectivity index (χ0) is 16.1. The molecule has 1 heterocycles. The number of carbonyl (C=O) groups is 2. The van der Waals surface area contributed by atoms with Gasteiger partial charge in [-0.3, -0.25) is 14.6 Å². The molecule has 8 nitrogen and oxygen atoms in total. The first-order valence-corrected chi connectivity index (χ1v) is 7.33. The van der Waals surface area contributed by atoms with Crippen LogP contribution < -0.4 is 11.2 Å². The van der Waals surface area contributed by atoms with Gasteiger partial charge in [-0.25, -0.2) is 0 Å². The van der Waals surface area contributed by atoms with Gasteiger partial charge in [0.25, 0.3) is 5.91 Å². The average molecular weight is 304 g/mol. The highest BCUT2D eigenvalue weighted by molar-refractivity contribution is 6.60. The second-order valence-corrected chi connectivity index (χ2v) is 5.74. The van der Waals surface area contributed by atoms with Crippen molar-refractivity contribution < 1.29 is 9.59 Å². The maximum Gasteiger partial charge on any atom is 0.273 e. The minimum Gasteiger partial charge on any atom is -0.342 e. The molecule has 1 aliphatic carbocycles. The van der Waals surface area contributed by atoms with Crippen LogP contribution in [-0.2, 0) is 9.59 Å². The third kappa shape index (κ3) is 4.04. The molecule has 1 saturated carbocycles. The van der Waals surface area contributed by atoms with Crippen LogP contribution in [0.4, 0.5) is 0 Å². The first kappa shape index (κ1) is 15.9. The number of nitriles is 1. The molecule has 22 heavy (non-hydrogen) atoms. The van der Waals surface area contributed by atoms with Crippen molar-refractivity contribution in [1.82, 2.24) is 10.2 Å². The number of hydrogen-bond donors (Lipinski definition) is 2. The van der Waals surface area contributed by atoms with E-state index in [0.717, 1.165) is 12.8 Å². The number of hydrazone groups is 1. The van der Waals surface area contributed by atoms with E-state index in [1.54, 1.807) is 0 Å². The van der Waals surface area contributed by atoms with Crippen LogP contribution in [0, 0.1) is 17.2 Å². The van der Waals surface area contributed by atoms with Crippen LogP contribution in [0.15, 0.2) is 10.1 Å². The third-order valence-corrected chi connectivity index (χ3v) is 3.71. The Morgan fingerprint density at radius 2 is 2.23 bits per heavy atom. The first-order valence-electron chi connectivity index (χ1n) is 7.33. The van der Waals surface area contributed by atoms with Gasteiger partial charge in [-0.2, -0.15) is 10.4 Å². The topological polar surface area (TPSA) is 124 Å². The van der Waals surface area contributed by atoms with Crippen molar-refractivity contribution in [3.63, 3.8) is 0 Å². The minimum atomic E-state index is -0.541. The zero-order valence-corrected chi connectivity index (χ0v) is 12.5. The highest BCUT2D eigenvalue weighted by Gasteiger charge is 2.33. The molecule has 1 aliphatic heterocycles. The normalized spacial score (nSPS) is 25.3. The van der Waals surface area contributed by atoms with E-state index in [2.05, 4.69) is 21.5 Å². The largest absolute Gasteiger partial charge is 0.342 e. The highest BCUT2D eigenvalue weighted by atomic mass is 16.2. The van der Waals surface area contributed by atoms with Crippen molar-refractivity contribution in [2.45, 2.75) is 38.3 Å². The summed E-state index contributed by atoms with van der Waals surface area (Å²) in [5, 5.41) is 14.9. The number of carbonyl (C=O) groups excluding carboxylic acids is 2. The Balaban J connectivity index is 1.84. The molecule has 118 valence electrons. The molecule has 8 heteroatoms. The summed E-state index contributed by atoms with van der Waals surface area (Å²) in [5.41, 5.74) is -0.00803. The zero-order valence-electron chi connectivity index (χ0n) is 12.5. The first-order chi connectivity index (χ1) is 10.5. The fourth-order valence-corrected chi connectivity index (χ4v) is 2.34. The van der Waals surface area contributed by atoms with E-state index in [9.17, 15) is 9.59 Å². The lowest BCUT2D eigenvalue weighted by Gasteiger charge is -2.19. The number of likely N-dealkylation sites (tertiary alicyclic amines) is 1. The quantitative estimate of drug-likeness (QED) is 0.400. The molecule has 1 saturated heterocycles. The molecule has 2 rings (SSSR count). The molecule has 0 radical (unpaired) electrons. The Hall–Kier alpha value is -2.43. The predicted molar refractivity (Wildman–Crippen MR) is 81.0 cm³/mol. The molecule has 3 N–H and O–H groups in total. The molecule has 2 fully saturated rings. The van der Waals surface area contributed by atoms with Gasteiger partial charge in [-0.1, -0.05) is 6.92 Å². The molecule has 0 aromatic rings. The van der Waals surface area contributed by atoms with Crippen molar-refractivity contribution >= 4 is 23.7 Å². The molecule has 2 atom stereocenters. The second kappa shape index (κ2) is 7.02. The Kier molecular flexibility index (Phi) is 5.09. The van der Waals surface area contributed by atoms with E-state index in [-0.39, 0.29) is 30.1 Å². The lowest BCUT2D eigenvalue weighted by Crippen LogP contribution is -2.44. The van der Waals surface area contributed by atoms with Crippen LogP contribution in [0.25, 0.3) is 0 Å². The summed E-state index contributed by atoms with van der Waals surface area (Å²) in [7, 11) is 0. The fraction of sp³-hybridized carbons (Fsp3) is 0.643. The predicted octanol–water partition coefficient (Wildman–Crippen LogP) is -0.589. The van der Waals surface area contributed by atoms with Crippen molar-refractivity contribution in [3.8, 4) is 6.07 Å². The van der Waals surface area contributed by atoms with Gasteiger partial charge in [-0.05, 0) is 25.2 Å². The van der Waals surface area contributed by atoms with Crippen molar-refractivity contribution in [3.05, 3.63) is 0 Å². The van der Waals surface area contributed by atoms with E-state index in [0.29, 0.717) is 13.0 Å². The van der Waals surface area contributed by atoms with Crippen molar-refractivity contribution in [2.75, 3.05) is 13.1 Å². The Labute approximate surface area is 129 Å². The van der Waals surface area contributed by atoms with Gasteiger partial charge in [0.1, 0.15) is 6.04 Å². The van der Waals surface area contributed by atoms with Crippen LogP contribution in [-0.4, -0.2) is 53.8 Å². The Morgan fingerprint density at radius 1 is 1.50 bits per heavy atom. The minimum absolute atomic E-state index is 0.00803. The van der Waals surface area contributed by atoms with Crippen molar-refractivity contribution in [1.29, 1.82) is 5.26 Å². The molecular formula is C14H20N6O2. The molecule has 0 aromatic carbocycles. The molecular weight excluding hydrogens is 284 g/mol. The Bertz CT molecular complexity index is 546. The van der Waals surface area contributed by atoms with E-state index >= 15 is 0 Å². The number of hydrogen-bond acceptors (Lipinski definition) is 6. The molecule has 0 aromatic heterocycles. The van der Waals surface area contributed by atoms with Crippen LogP contribution in [0.1, 0.15) is 26.2 Å². The van der Waals surface area contributed by atoms with Crippen molar-refractivity contribution in [2.24, 2.45) is 21.9 Å². The monoisotopic (exact) mass is 304 g/mol. The summed E-state index contributed by atoms with van der Waals surface area (Å²) in [5.74, 6) is 4.64. The molecule has 2 aliphatic rings. The number of nitrogens with two attached hydrogens (primary N) is 1. The van der Waals surface area contributed by atoms with Gasteiger partial charge in [0, 0.05) is 6.54 Å². The summed E-state index contributed by atoms with van der Waals surface area (Å²) >= 11 is 0. The average Bonchev–Trinajstić information content (AvgIpc) is 3.25. The number of rotatable bonds is 5. The summed E-state index contributed by atoms with van der Waals surface area (Å²) in [6.45, 7) is 2.34. The van der Waals surface area contributed by atoms with Crippen LogP contribution in [0.5, 0.6) is 0 Å². The smallest absolute Gasteiger partial charge is 0.273 e. The Morgan fingerprint density at radius 3 is 2.82 bits per heavy atom. The standard InChI is InChI=1S/C14H20N6O2/c1-9-4-11(5-15)20(8-9)13(21)7-18-14(22)12(19-16)6-17-10-2-3-10/h6,9-11H,2-4,7-8,16H2,1H3,(H,18,22)/b17-6?,19-12+. The molecule has 0 spiro atoms. The van der Waals surface area contributed by atoms with E-state index < -0.39 is 11.9 Å². The number of amides is 2. The third-order valence-electron chi connectivity index (χ3n) is 3.71. The van der Waals surface area contributed by atoms with E-state index in [1.165, 1.54) is 11.1 Å². The number of nitrogens with one attached hydrogen (secondary N) is 1.